The molecular weight excluding hydrogens is 292 g/mol. The zero-order chi connectivity index (χ0) is 15.5. The molecule has 1 aliphatic heterocycles. The van der Waals surface area contributed by atoms with Crippen LogP contribution in [-0.4, -0.2) is 72.5 Å². The zero-order valence-electron chi connectivity index (χ0n) is 12.5. The number of carbonyl (C=O) groups excluding carboxylic acids is 2. The molecule has 0 radical (unpaired) electrons. The Hall–Kier alpha value is -1.51. The highest BCUT2D eigenvalue weighted by atomic mass is 32.1. The van der Waals surface area contributed by atoms with Crippen molar-refractivity contribution in [1.29, 1.82) is 0 Å². The minimum atomic E-state index is -0.900. The number of ether oxygens (including phenoxy) is 1. The summed E-state index contributed by atoms with van der Waals surface area (Å²) in [5.74, 6) is -0.223. The van der Waals surface area contributed by atoms with Crippen LogP contribution in [0.4, 0.5) is 5.13 Å². The van der Waals surface area contributed by atoms with Gasteiger partial charge in [-0.05, 0) is 6.92 Å². The second-order valence-electron chi connectivity index (χ2n) is 5.37. The van der Waals surface area contributed by atoms with E-state index in [-0.39, 0.29) is 18.4 Å². The predicted octanol–water partition coefficient (Wildman–Crippen LogP) is 0.261. The topological polar surface area (TPSA) is 74.8 Å². The molecule has 0 bridgehead atoms. The summed E-state index contributed by atoms with van der Waals surface area (Å²) in [5, 5.41) is 5.13. The van der Waals surface area contributed by atoms with Crippen LogP contribution in [0, 0.1) is 0 Å². The molecule has 0 aliphatic carbocycles. The number of amides is 2. The number of likely N-dealkylation sites (N-methyl/N-ethyl adjacent to an activating group) is 1. The molecule has 1 aliphatic rings. The van der Waals surface area contributed by atoms with Gasteiger partial charge in [0.25, 0.3) is 5.91 Å². The monoisotopic (exact) mass is 312 g/mol. The number of anilines is 1. The Morgan fingerprint density at radius 2 is 2.33 bits per heavy atom. The van der Waals surface area contributed by atoms with Gasteiger partial charge in [-0.3, -0.25) is 14.5 Å². The number of morpholine rings is 1. The van der Waals surface area contributed by atoms with Crippen molar-refractivity contribution in [2.45, 2.75) is 12.5 Å². The molecular formula is C13H20N4O3S. The van der Waals surface area contributed by atoms with Crippen molar-refractivity contribution in [3.63, 3.8) is 0 Å². The van der Waals surface area contributed by atoms with Crippen LogP contribution in [0.1, 0.15) is 6.92 Å². The molecule has 1 saturated heterocycles. The van der Waals surface area contributed by atoms with Crippen LogP contribution in [-0.2, 0) is 14.3 Å². The highest BCUT2D eigenvalue weighted by molar-refractivity contribution is 7.13. The van der Waals surface area contributed by atoms with Gasteiger partial charge in [-0.25, -0.2) is 4.98 Å². The number of nitrogens with zero attached hydrogens (tertiary/aromatic N) is 3. The highest BCUT2D eigenvalue weighted by Crippen LogP contribution is 2.20. The molecule has 2 rings (SSSR count). The number of carbonyl (C=O) groups is 2. The molecule has 2 amide bonds. The third-order valence-electron chi connectivity index (χ3n) is 3.26. The number of rotatable bonds is 4. The normalized spacial score (nSPS) is 22.8. The third kappa shape index (κ3) is 3.99. The summed E-state index contributed by atoms with van der Waals surface area (Å²) in [5.41, 5.74) is -0.900. The number of hydrogen-bond acceptors (Lipinski definition) is 6. The van der Waals surface area contributed by atoms with E-state index >= 15 is 0 Å². The lowest BCUT2D eigenvalue weighted by Crippen LogP contribution is -2.58. The van der Waals surface area contributed by atoms with Gasteiger partial charge in [-0.15, -0.1) is 11.3 Å². The smallest absolute Gasteiger partial charge is 0.255 e. The largest absolute Gasteiger partial charge is 0.363 e. The molecule has 7 nitrogen and oxygen atoms in total. The second kappa shape index (κ2) is 6.50. The quantitative estimate of drug-likeness (QED) is 0.863. The van der Waals surface area contributed by atoms with Crippen LogP contribution in [0.25, 0.3) is 0 Å². The van der Waals surface area contributed by atoms with Gasteiger partial charge in [0.05, 0.1) is 13.2 Å². The van der Waals surface area contributed by atoms with Crippen molar-refractivity contribution in [3.05, 3.63) is 11.6 Å². The van der Waals surface area contributed by atoms with E-state index in [0.29, 0.717) is 24.8 Å². The fourth-order valence-electron chi connectivity index (χ4n) is 2.34. The molecule has 0 spiro atoms. The average Bonchev–Trinajstić information content (AvgIpc) is 2.90. The van der Waals surface area contributed by atoms with Crippen LogP contribution in [0.15, 0.2) is 11.6 Å². The summed E-state index contributed by atoms with van der Waals surface area (Å²) in [6.45, 7) is 3.44. The molecule has 1 N–H and O–H groups in total. The van der Waals surface area contributed by atoms with Gasteiger partial charge >= 0.3 is 0 Å². The summed E-state index contributed by atoms with van der Waals surface area (Å²) in [4.78, 5) is 31.6. The third-order valence-corrected chi connectivity index (χ3v) is 3.95. The van der Waals surface area contributed by atoms with E-state index in [1.807, 2.05) is 4.90 Å². The zero-order valence-corrected chi connectivity index (χ0v) is 13.3. The van der Waals surface area contributed by atoms with Gasteiger partial charge in [-0.1, -0.05) is 0 Å². The van der Waals surface area contributed by atoms with E-state index in [1.165, 1.54) is 16.2 Å². The first-order valence-corrected chi connectivity index (χ1v) is 7.56. The van der Waals surface area contributed by atoms with Crippen molar-refractivity contribution in [2.24, 2.45) is 0 Å². The van der Waals surface area contributed by atoms with Gasteiger partial charge in [0.2, 0.25) is 5.91 Å². The van der Waals surface area contributed by atoms with Crippen LogP contribution in [0.2, 0.25) is 0 Å². The molecule has 116 valence electrons. The molecule has 1 aromatic rings. The Morgan fingerprint density at radius 3 is 2.95 bits per heavy atom. The Labute approximate surface area is 127 Å². The summed E-state index contributed by atoms with van der Waals surface area (Å²) in [6, 6.07) is 0. The lowest BCUT2D eigenvalue weighted by atomic mass is 10.0. The molecule has 1 atom stereocenters. The van der Waals surface area contributed by atoms with Crippen LogP contribution >= 0.6 is 11.3 Å². The van der Waals surface area contributed by atoms with Crippen molar-refractivity contribution in [2.75, 3.05) is 45.7 Å². The fourth-order valence-corrected chi connectivity index (χ4v) is 2.88. The first-order chi connectivity index (χ1) is 9.90. The number of thiazole rings is 1. The van der Waals surface area contributed by atoms with Gasteiger partial charge in [0, 0.05) is 38.8 Å². The fraction of sp³-hybridized carbons (Fsp3) is 0.615. The molecule has 1 aromatic heterocycles. The average molecular weight is 312 g/mol. The maximum Gasteiger partial charge on any atom is 0.255 e. The first kappa shape index (κ1) is 15.9. The molecule has 21 heavy (non-hydrogen) atoms. The van der Waals surface area contributed by atoms with E-state index in [1.54, 1.807) is 32.6 Å². The van der Waals surface area contributed by atoms with E-state index < -0.39 is 5.60 Å². The SMILES string of the molecule is CN(C)C(=O)C1(C)CN(CC(=O)Nc2nccs2)CCO1. The van der Waals surface area contributed by atoms with E-state index in [4.69, 9.17) is 4.74 Å². The number of hydrogen-bond donors (Lipinski definition) is 1. The molecule has 8 heteroatoms. The molecule has 0 aromatic carbocycles. The molecule has 0 saturated carbocycles. The lowest BCUT2D eigenvalue weighted by molar-refractivity contribution is -0.165. The maximum atomic E-state index is 12.2. The molecule has 1 fully saturated rings. The van der Waals surface area contributed by atoms with Gasteiger partial charge in [0.15, 0.2) is 10.7 Å². The number of aromatic nitrogens is 1. The van der Waals surface area contributed by atoms with Crippen molar-refractivity contribution < 1.29 is 14.3 Å². The Balaban J connectivity index is 1.92. The number of nitrogens with one attached hydrogen (secondary N) is 1. The van der Waals surface area contributed by atoms with Gasteiger partial charge < -0.3 is 15.0 Å². The minimum Gasteiger partial charge on any atom is -0.363 e. The molecule has 2 heterocycles. The Morgan fingerprint density at radius 1 is 1.57 bits per heavy atom. The Bertz CT molecular complexity index is 506. The summed E-state index contributed by atoms with van der Waals surface area (Å²) in [6.07, 6.45) is 1.64. The van der Waals surface area contributed by atoms with Crippen molar-refractivity contribution in [1.82, 2.24) is 14.8 Å². The van der Waals surface area contributed by atoms with E-state index in [2.05, 4.69) is 10.3 Å². The lowest BCUT2D eigenvalue weighted by Gasteiger charge is -2.40. The van der Waals surface area contributed by atoms with Gasteiger partial charge in [-0.2, -0.15) is 0 Å². The van der Waals surface area contributed by atoms with Crippen molar-refractivity contribution in [3.8, 4) is 0 Å². The second-order valence-corrected chi connectivity index (χ2v) is 6.27. The Kier molecular flexibility index (Phi) is 4.92. The van der Waals surface area contributed by atoms with Gasteiger partial charge in [0.1, 0.15) is 0 Å². The molecule has 1 unspecified atom stereocenters. The van der Waals surface area contributed by atoms with E-state index in [0.717, 1.165) is 0 Å². The summed E-state index contributed by atoms with van der Waals surface area (Å²) >= 11 is 1.37. The minimum absolute atomic E-state index is 0.0902. The van der Waals surface area contributed by atoms with Crippen LogP contribution < -0.4 is 5.32 Å². The maximum absolute atomic E-state index is 12.2. The first-order valence-electron chi connectivity index (χ1n) is 6.68. The van der Waals surface area contributed by atoms with Crippen LogP contribution in [0.3, 0.4) is 0 Å². The standard InChI is InChI=1S/C13H20N4O3S/c1-13(11(19)16(2)3)9-17(5-6-20-13)8-10(18)15-12-14-4-7-21-12/h4,7H,5-6,8-9H2,1-3H3,(H,14,15,18). The van der Waals surface area contributed by atoms with E-state index in [9.17, 15) is 9.59 Å². The summed E-state index contributed by atoms with van der Waals surface area (Å²) < 4.78 is 5.63. The highest BCUT2D eigenvalue weighted by Gasteiger charge is 2.40. The predicted molar refractivity (Wildman–Crippen MR) is 80.2 cm³/mol. The van der Waals surface area contributed by atoms with Crippen molar-refractivity contribution >= 4 is 28.3 Å². The van der Waals surface area contributed by atoms with Crippen LogP contribution in [0.5, 0.6) is 0 Å². The summed E-state index contributed by atoms with van der Waals surface area (Å²) in [7, 11) is 3.40.